The van der Waals surface area contributed by atoms with E-state index < -0.39 is 0 Å². The summed E-state index contributed by atoms with van der Waals surface area (Å²) >= 11 is 3.36. The molecule has 0 saturated heterocycles. The second kappa shape index (κ2) is 6.37. The Morgan fingerprint density at radius 2 is 2.26 bits per heavy atom. The van der Waals surface area contributed by atoms with Crippen LogP contribution >= 0.6 is 15.9 Å². The molecule has 0 N–H and O–H groups in total. The first-order chi connectivity index (χ1) is 9.10. The van der Waals surface area contributed by atoms with E-state index in [1.54, 1.807) is 12.1 Å². The van der Waals surface area contributed by atoms with Gasteiger partial charge in [-0.25, -0.2) is 0 Å². The van der Waals surface area contributed by atoms with Crippen LogP contribution in [0.2, 0.25) is 0 Å². The van der Waals surface area contributed by atoms with Gasteiger partial charge in [0, 0.05) is 11.4 Å². The lowest BCUT2D eigenvalue weighted by Gasteiger charge is -2.27. The van der Waals surface area contributed by atoms with Crippen LogP contribution < -0.4 is 4.74 Å². The molecule has 1 aromatic carbocycles. The molecular weight excluding hydrogens is 310 g/mol. The highest BCUT2D eigenvalue weighted by atomic mass is 79.9. The smallest absolute Gasteiger partial charge is 0.310 e. The minimum atomic E-state index is -0.375. The molecule has 0 bridgehead atoms. The Bertz CT molecular complexity index is 464. The van der Waals surface area contributed by atoms with Gasteiger partial charge in [-0.2, -0.15) is 0 Å². The average molecular weight is 328 g/mol. The molecule has 1 saturated carbocycles. The molecule has 2 unspecified atom stereocenters. The van der Waals surface area contributed by atoms with Crippen LogP contribution in [0.5, 0.6) is 5.75 Å². The van der Waals surface area contributed by atoms with Crippen molar-refractivity contribution in [2.45, 2.75) is 44.0 Å². The summed E-state index contributed by atoms with van der Waals surface area (Å²) in [4.78, 5) is 10.7. The molecule has 104 valence electrons. The van der Waals surface area contributed by atoms with Crippen LogP contribution in [0, 0.1) is 16.0 Å². The molecule has 0 heterocycles. The first-order valence-electron chi connectivity index (χ1n) is 6.60. The van der Waals surface area contributed by atoms with Crippen molar-refractivity contribution in [2.75, 3.05) is 0 Å². The number of nitrogens with zero attached hydrogens (tertiary/aromatic N) is 1. The van der Waals surface area contributed by atoms with Crippen molar-refractivity contribution in [2.24, 2.45) is 5.92 Å². The zero-order valence-electron chi connectivity index (χ0n) is 11.0. The highest BCUT2D eigenvalue weighted by Crippen LogP contribution is 2.33. The number of rotatable bonds is 4. The van der Waals surface area contributed by atoms with E-state index in [0.29, 0.717) is 17.0 Å². The summed E-state index contributed by atoms with van der Waals surface area (Å²) in [6, 6.07) is 5.05. The monoisotopic (exact) mass is 327 g/mol. The Hall–Kier alpha value is -1.10. The molecule has 0 radical (unpaired) electrons. The molecule has 0 amide bonds. The molecule has 0 spiro atoms. The van der Waals surface area contributed by atoms with Crippen LogP contribution in [-0.2, 0) is 5.33 Å². The molecule has 2 rings (SSSR count). The van der Waals surface area contributed by atoms with Crippen molar-refractivity contribution in [3.05, 3.63) is 33.9 Å². The largest absolute Gasteiger partial charge is 0.483 e. The molecule has 0 aliphatic heterocycles. The van der Waals surface area contributed by atoms with E-state index in [0.717, 1.165) is 24.8 Å². The number of hydrogen-bond acceptors (Lipinski definition) is 3. The third-order valence-corrected chi connectivity index (χ3v) is 4.20. The van der Waals surface area contributed by atoms with Gasteiger partial charge in [-0.05, 0) is 36.8 Å². The molecule has 4 nitrogen and oxygen atoms in total. The van der Waals surface area contributed by atoms with Gasteiger partial charge in [0.1, 0.15) is 0 Å². The molecule has 5 heteroatoms. The third-order valence-electron chi connectivity index (χ3n) is 3.56. The minimum Gasteiger partial charge on any atom is -0.483 e. The highest BCUT2D eigenvalue weighted by molar-refractivity contribution is 9.08. The van der Waals surface area contributed by atoms with Crippen molar-refractivity contribution in [3.8, 4) is 5.75 Å². The van der Waals surface area contributed by atoms with Crippen molar-refractivity contribution < 1.29 is 9.66 Å². The number of nitro groups is 1. The Morgan fingerprint density at radius 3 is 2.89 bits per heavy atom. The normalized spacial score (nSPS) is 23.1. The van der Waals surface area contributed by atoms with Crippen LogP contribution in [0.25, 0.3) is 0 Å². The molecule has 19 heavy (non-hydrogen) atoms. The summed E-state index contributed by atoms with van der Waals surface area (Å²) in [5.41, 5.74) is 1.05. The van der Waals surface area contributed by atoms with Crippen LogP contribution in [0.3, 0.4) is 0 Å². The Morgan fingerprint density at radius 1 is 1.47 bits per heavy atom. The molecule has 1 aromatic rings. The van der Waals surface area contributed by atoms with Gasteiger partial charge >= 0.3 is 5.69 Å². The Balaban J connectivity index is 2.19. The van der Waals surface area contributed by atoms with Crippen LogP contribution in [-0.4, -0.2) is 11.0 Å². The lowest BCUT2D eigenvalue weighted by atomic mass is 9.89. The van der Waals surface area contributed by atoms with Gasteiger partial charge in [0.25, 0.3) is 0 Å². The summed E-state index contributed by atoms with van der Waals surface area (Å²) < 4.78 is 5.90. The number of ether oxygens (including phenoxy) is 1. The first kappa shape index (κ1) is 14.3. The molecule has 1 aliphatic carbocycles. The van der Waals surface area contributed by atoms with Gasteiger partial charge in [0.2, 0.25) is 0 Å². The van der Waals surface area contributed by atoms with Gasteiger partial charge < -0.3 is 4.74 Å². The molecule has 1 aliphatic rings. The molecule has 1 fully saturated rings. The van der Waals surface area contributed by atoms with Gasteiger partial charge in [-0.3, -0.25) is 10.1 Å². The third kappa shape index (κ3) is 3.69. The average Bonchev–Trinajstić information content (AvgIpc) is 2.38. The maximum Gasteiger partial charge on any atom is 0.310 e. The van der Waals surface area contributed by atoms with Crippen LogP contribution in [0.1, 0.15) is 38.2 Å². The Kier molecular flexibility index (Phi) is 4.80. The summed E-state index contributed by atoms with van der Waals surface area (Å²) in [6.07, 6.45) is 4.43. The van der Waals surface area contributed by atoms with Crippen molar-refractivity contribution in [3.63, 3.8) is 0 Å². The number of nitro benzene ring substituents is 1. The lowest BCUT2D eigenvalue weighted by Crippen LogP contribution is -2.24. The van der Waals surface area contributed by atoms with E-state index in [9.17, 15) is 10.1 Å². The number of benzene rings is 1. The summed E-state index contributed by atoms with van der Waals surface area (Å²) in [7, 11) is 0. The Labute approximate surface area is 121 Å². The van der Waals surface area contributed by atoms with Crippen molar-refractivity contribution in [1.82, 2.24) is 0 Å². The number of alkyl halides is 1. The second-order valence-electron chi connectivity index (χ2n) is 5.20. The van der Waals surface area contributed by atoms with Crippen LogP contribution in [0.4, 0.5) is 5.69 Å². The zero-order valence-corrected chi connectivity index (χ0v) is 12.6. The lowest BCUT2D eigenvalue weighted by molar-refractivity contribution is -0.386. The van der Waals surface area contributed by atoms with E-state index in [4.69, 9.17) is 4.74 Å². The fourth-order valence-electron chi connectivity index (χ4n) is 2.55. The predicted octanol–water partition coefficient (Wildman–Crippen LogP) is 4.45. The number of hydrogen-bond donors (Lipinski definition) is 0. The van der Waals surface area contributed by atoms with E-state index in [2.05, 4.69) is 22.9 Å². The topological polar surface area (TPSA) is 52.4 Å². The van der Waals surface area contributed by atoms with Crippen molar-refractivity contribution in [1.29, 1.82) is 0 Å². The highest BCUT2D eigenvalue weighted by Gasteiger charge is 2.24. The van der Waals surface area contributed by atoms with E-state index in [1.165, 1.54) is 12.5 Å². The maximum atomic E-state index is 11.0. The van der Waals surface area contributed by atoms with Gasteiger partial charge in [0.05, 0.1) is 11.0 Å². The van der Waals surface area contributed by atoms with Crippen molar-refractivity contribution >= 4 is 21.6 Å². The van der Waals surface area contributed by atoms with Gasteiger partial charge in [-0.15, -0.1) is 0 Å². The fourth-order valence-corrected chi connectivity index (χ4v) is 2.90. The fraction of sp³-hybridized carbons (Fsp3) is 0.571. The summed E-state index contributed by atoms with van der Waals surface area (Å²) in [5, 5.41) is 11.7. The summed E-state index contributed by atoms with van der Waals surface area (Å²) in [6.45, 7) is 2.21. The molecular formula is C14H18BrNO3. The van der Waals surface area contributed by atoms with Crippen LogP contribution in [0.15, 0.2) is 18.2 Å². The quantitative estimate of drug-likeness (QED) is 0.466. The second-order valence-corrected chi connectivity index (χ2v) is 5.77. The van der Waals surface area contributed by atoms with E-state index in [-0.39, 0.29) is 16.7 Å². The van der Waals surface area contributed by atoms with Gasteiger partial charge in [0.15, 0.2) is 5.75 Å². The van der Waals surface area contributed by atoms with Gasteiger partial charge in [-0.1, -0.05) is 35.3 Å². The SMILES string of the molecule is CC1CCCC(Oc2cc(CBr)ccc2[N+](=O)[O-])C1. The maximum absolute atomic E-state index is 11.0. The standard InChI is InChI=1S/C14H18BrNO3/c1-10-3-2-4-12(7-10)19-14-8-11(9-15)5-6-13(14)16(17)18/h5-6,8,10,12H,2-4,7,9H2,1H3. The van der Waals surface area contributed by atoms with E-state index >= 15 is 0 Å². The summed E-state index contributed by atoms with van der Waals surface area (Å²) in [5.74, 6) is 1.04. The minimum absolute atomic E-state index is 0.0583. The van der Waals surface area contributed by atoms with E-state index in [1.807, 2.05) is 0 Å². The molecule has 2 atom stereocenters. The zero-order chi connectivity index (χ0) is 13.8. The molecule has 0 aromatic heterocycles. The predicted molar refractivity (Wildman–Crippen MR) is 77.8 cm³/mol. The first-order valence-corrected chi connectivity index (χ1v) is 7.72. The number of halogens is 1.